The van der Waals surface area contributed by atoms with E-state index in [4.69, 9.17) is 18.9 Å². The molecule has 12 nitrogen and oxygen atoms in total. The molecule has 0 spiro atoms. The van der Waals surface area contributed by atoms with Crippen LogP contribution in [-0.4, -0.2) is 115 Å². The third-order valence-corrected chi connectivity index (χ3v) is 14.8. The SMILES string of the molecule is CC(C)(C)[C@@H]1OC[C@]2([C@H](O)[C@@H]3C=CCCC3)N1C(=O)[C@@H]1C[C@H](OCc3ccccc3)O[C@@]12C.CC(C)(C)[C@@H]1OC[C@]2([C@H](O)[C@@H]3C=CCCC3)N1C(=O)[C@H](CCO)[C@]2(C)O. The summed E-state index contributed by atoms with van der Waals surface area (Å²) >= 11 is 0. The van der Waals surface area contributed by atoms with Crippen molar-refractivity contribution in [2.24, 2.45) is 34.5 Å². The number of benzene rings is 1. The fourth-order valence-corrected chi connectivity index (χ4v) is 11.6. The van der Waals surface area contributed by atoms with E-state index in [1.807, 2.05) is 69.0 Å². The summed E-state index contributed by atoms with van der Waals surface area (Å²) in [6, 6.07) is 9.98. The number of hydrogen-bond donors (Lipinski definition) is 4. The Balaban J connectivity index is 0.000000185. The highest BCUT2D eigenvalue weighted by atomic mass is 16.7. The standard InChI is InChI=1S/C27H37NO5.C20H33NO5/c1-25(2,3)24-28-23(30)20-15-21(31-16-18-11-7-5-8-12-18)33-26(20,4)27(28,17-32-24)22(29)19-13-9-6-10-14-19;1-18(2,3)17-21-16(24)14(10-11-22)19(4,25)20(21,12-26-17)15(23)13-8-6-5-7-9-13/h5,7-9,11-13,19-22,24,29H,6,10,14-17H2,1-4H3;6,8,13-15,17,22-23,25H,5,7,9-12H2,1-4H3/t19-,20+,21-,22-,24+,26+,27-;13-,14+,15-,17+,19+,20-/m11/s1. The summed E-state index contributed by atoms with van der Waals surface area (Å²) in [6.45, 7) is 16.4. The zero-order chi connectivity index (χ0) is 42.8. The van der Waals surface area contributed by atoms with Gasteiger partial charge in [0.05, 0.1) is 43.9 Å². The Bertz CT molecular complexity index is 1740. The Kier molecular flexibility index (Phi) is 12.2. The van der Waals surface area contributed by atoms with E-state index in [9.17, 15) is 30.0 Å². The predicted molar refractivity (Wildman–Crippen MR) is 221 cm³/mol. The van der Waals surface area contributed by atoms with E-state index in [-0.39, 0.29) is 66.6 Å². The molecule has 0 saturated carbocycles. The van der Waals surface area contributed by atoms with Crippen molar-refractivity contribution in [3.8, 4) is 0 Å². The summed E-state index contributed by atoms with van der Waals surface area (Å²) in [4.78, 5) is 30.7. The average molecular weight is 823 g/mol. The van der Waals surface area contributed by atoms with Gasteiger partial charge in [-0.3, -0.25) is 9.59 Å². The molecule has 5 heterocycles. The van der Waals surface area contributed by atoms with Crippen LogP contribution in [-0.2, 0) is 35.1 Å². The fraction of sp³-hybridized carbons (Fsp3) is 0.745. The van der Waals surface area contributed by atoms with Gasteiger partial charge in [-0.25, -0.2) is 0 Å². The number of carbonyl (C=O) groups excluding carboxylic acids is 2. The monoisotopic (exact) mass is 823 g/mol. The minimum atomic E-state index is -1.49. The van der Waals surface area contributed by atoms with Gasteiger partial charge in [0.1, 0.15) is 34.7 Å². The summed E-state index contributed by atoms with van der Waals surface area (Å²) in [5, 5.41) is 44.3. The minimum Gasteiger partial charge on any atom is -0.396 e. The predicted octanol–water partition coefficient (Wildman–Crippen LogP) is 5.46. The second-order valence-corrected chi connectivity index (χ2v) is 20.7. The van der Waals surface area contributed by atoms with Crippen LogP contribution in [0.25, 0.3) is 0 Å². The third-order valence-electron chi connectivity index (χ3n) is 14.8. The van der Waals surface area contributed by atoms with Crippen LogP contribution in [0.5, 0.6) is 0 Å². The zero-order valence-corrected chi connectivity index (χ0v) is 36.5. The van der Waals surface area contributed by atoms with Gasteiger partial charge in [0, 0.05) is 35.7 Å². The fourth-order valence-electron chi connectivity index (χ4n) is 11.6. The van der Waals surface area contributed by atoms with Crippen LogP contribution in [0.4, 0.5) is 0 Å². The smallest absolute Gasteiger partial charge is 0.231 e. The van der Waals surface area contributed by atoms with Crippen LogP contribution in [0, 0.1) is 34.5 Å². The minimum absolute atomic E-state index is 0.0135. The molecule has 328 valence electrons. The molecule has 8 rings (SSSR count). The highest BCUT2D eigenvalue weighted by Gasteiger charge is 2.78. The first-order valence-electron chi connectivity index (χ1n) is 22.0. The molecule has 0 bridgehead atoms. The van der Waals surface area contributed by atoms with Crippen molar-refractivity contribution in [1.82, 2.24) is 9.80 Å². The number of allylic oxidation sites excluding steroid dienone is 2. The molecule has 7 aliphatic rings. The first-order valence-corrected chi connectivity index (χ1v) is 22.0. The Morgan fingerprint density at radius 2 is 1.34 bits per heavy atom. The van der Waals surface area contributed by atoms with Gasteiger partial charge in [-0.15, -0.1) is 0 Å². The van der Waals surface area contributed by atoms with Crippen molar-refractivity contribution < 1.29 is 49.0 Å². The lowest BCUT2D eigenvalue weighted by Crippen LogP contribution is -2.67. The Hall–Kier alpha value is -2.68. The van der Waals surface area contributed by atoms with Crippen molar-refractivity contribution in [2.45, 2.75) is 167 Å². The van der Waals surface area contributed by atoms with E-state index in [0.29, 0.717) is 13.0 Å². The number of hydrogen-bond acceptors (Lipinski definition) is 10. The maximum atomic E-state index is 13.9. The maximum absolute atomic E-state index is 13.9. The number of aliphatic hydroxyl groups is 4. The molecule has 2 amide bonds. The molecule has 59 heavy (non-hydrogen) atoms. The molecule has 0 radical (unpaired) electrons. The van der Waals surface area contributed by atoms with Crippen LogP contribution in [0.3, 0.4) is 0 Å². The average Bonchev–Trinajstić information content (AvgIpc) is 3.98. The summed E-state index contributed by atoms with van der Waals surface area (Å²) in [5.41, 5.74) is -4.09. The number of nitrogens with zero attached hydrogens (tertiary/aromatic N) is 2. The number of fused-ring (bicyclic) bond motifs is 4. The molecule has 5 fully saturated rings. The van der Waals surface area contributed by atoms with Gasteiger partial charge >= 0.3 is 0 Å². The third kappa shape index (κ3) is 7.15. The number of amides is 2. The second-order valence-electron chi connectivity index (χ2n) is 20.7. The first kappa shape index (κ1) is 44.4. The Morgan fingerprint density at radius 3 is 1.85 bits per heavy atom. The lowest BCUT2D eigenvalue weighted by atomic mass is 9.68. The van der Waals surface area contributed by atoms with Gasteiger partial charge in [-0.2, -0.15) is 0 Å². The number of carbonyl (C=O) groups is 2. The number of rotatable bonds is 9. The Labute approximate surface area is 350 Å². The lowest BCUT2D eigenvalue weighted by Gasteiger charge is -2.48. The summed E-state index contributed by atoms with van der Waals surface area (Å²) in [7, 11) is 0. The van der Waals surface area contributed by atoms with Crippen molar-refractivity contribution in [2.75, 3.05) is 19.8 Å². The molecule has 4 N–H and O–H groups in total. The van der Waals surface area contributed by atoms with Crippen molar-refractivity contribution in [3.05, 3.63) is 60.2 Å². The van der Waals surface area contributed by atoms with E-state index < -0.39 is 59.2 Å². The number of aliphatic hydroxyl groups excluding tert-OH is 3. The van der Waals surface area contributed by atoms with Gasteiger partial charge in [0.15, 0.2) is 6.29 Å². The van der Waals surface area contributed by atoms with Gasteiger partial charge in [-0.1, -0.05) is 96.2 Å². The van der Waals surface area contributed by atoms with Crippen LogP contribution < -0.4 is 0 Å². The molecule has 12 heteroatoms. The molecule has 5 aliphatic heterocycles. The van der Waals surface area contributed by atoms with Crippen LogP contribution >= 0.6 is 0 Å². The quantitative estimate of drug-likeness (QED) is 0.236. The van der Waals surface area contributed by atoms with Gasteiger partial charge in [-0.05, 0) is 64.4 Å². The zero-order valence-electron chi connectivity index (χ0n) is 36.5. The Morgan fingerprint density at radius 1 is 0.814 bits per heavy atom. The molecular weight excluding hydrogens is 753 g/mol. The van der Waals surface area contributed by atoms with Crippen LogP contribution in [0.15, 0.2) is 54.6 Å². The number of ether oxygens (including phenoxy) is 4. The molecule has 5 saturated heterocycles. The molecule has 2 aliphatic carbocycles. The van der Waals surface area contributed by atoms with E-state index in [0.717, 1.165) is 44.1 Å². The van der Waals surface area contributed by atoms with Gasteiger partial charge in [0.2, 0.25) is 11.8 Å². The lowest BCUT2D eigenvalue weighted by molar-refractivity contribution is -0.216. The molecule has 0 aromatic heterocycles. The van der Waals surface area contributed by atoms with Gasteiger partial charge < -0.3 is 49.2 Å². The van der Waals surface area contributed by atoms with Crippen molar-refractivity contribution >= 4 is 11.8 Å². The van der Waals surface area contributed by atoms with E-state index >= 15 is 0 Å². The first-order chi connectivity index (χ1) is 27.8. The van der Waals surface area contributed by atoms with Gasteiger partial charge in [0.25, 0.3) is 0 Å². The normalized spacial score (nSPS) is 40.2. The summed E-state index contributed by atoms with van der Waals surface area (Å²) in [5.74, 6) is -1.49. The van der Waals surface area contributed by atoms with Crippen molar-refractivity contribution in [3.63, 3.8) is 0 Å². The van der Waals surface area contributed by atoms with E-state index in [2.05, 4.69) is 39.0 Å². The molecular formula is C47H70N2O10. The second kappa shape index (κ2) is 16.2. The summed E-state index contributed by atoms with van der Waals surface area (Å²) in [6.07, 6.45) is 11.6. The molecule has 0 unspecified atom stereocenters. The highest BCUT2D eigenvalue weighted by molar-refractivity contribution is 5.87. The van der Waals surface area contributed by atoms with Crippen molar-refractivity contribution in [1.29, 1.82) is 0 Å². The highest BCUT2D eigenvalue weighted by Crippen LogP contribution is 2.60. The maximum Gasteiger partial charge on any atom is 0.231 e. The molecule has 13 atom stereocenters. The molecule has 1 aromatic rings. The van der Waals surface area contributed by atoms with Crippen LogP contribution in [0.2, 0.25) is 0 Å². The molecule has 1 aromatic carbocycles. The van der Waals surface area contributed by atoms with E-state index in [1.54, 1.807) is 11.8 Å². The van der Waals surface area contributed by atoms with E-state index in [1.165, 1.54) is 0 Å². The van der Waals surface area contributed by atoms with Crippen LogP contribution in [0.1, 0.15) is 112 Å². The summed E-state index contributed by atoms with van der Waals surface area (Å²) < 4.78 is 25.1. The topological polar surface area (TPSA) is 158 Å². The largest absolute Gasteiger partial charge is 0.396 e.